The lowest BCUT2D eigenvalue weighted by Crippen LogP contribution is -2.02. The predicted molar refractivity (Wildman–Crippen MR) is 78.5 cm³/mol. The molecule has 2 rings (SSSR count). The lowest BCUT2D eigenvalue weighted by Gasteiger charge is -2.01. The maximum absolute atomic E-state index is 12.8. The molecule has 0 N–H and O–H groups in total. The molecule has 2 aromatic carbocycles. The number of nitrogens with zero attached hydrogens (tertiary/aromatic N) is 1. The molecular formula is C16H9BrFNO. The molecule has 2 aromatic rings. The van der Waals surface area contributed by atoms with Crippen LogP contribution in [0.5, 0.6) is 0 Å². The Morgan fingerprint density at radius 1 is 1.15 bits per heavy atom. The Kier molecular flexibility index (Phi) is 4.44. The van der Waals surface area contributed by atoms with E-state index in [1.54, 1.807) is 6.07 Å². The first-order chi connectivity index (χ1) is 9.61. The van der Waals surface area contributed by atoms with E-state index < -0.39 is 11.6 Å². The molecule has 0 heterocycles. The largest absolute Gasteiger partial charge is 0.288 e. The molecule has 0 amide bonds. The molecule has 0 radical (unpaired) electrons. The van der Waals surface area contributed by atoms with Crippen molar-refractivity contribution in [3.05, 3.63) is 75.5 Å². The van der Waals surface area contributed by atoms with Gasteiger partial charge in [0.2, 0.25) is 5.78 Å². The van der Waals surface area contributed by atoms with E-state index in [-0.39, 0.29) is 11.1 Å². The number of carbonyl (C=O) groups is 1. The van der Waals surface area contributed by atoms with Crippen LogP contribution >= 0.6 is 15.9 Å². The summed E-state index contributed by atoms with van der Waals surface area (Å²) in [5, 5.41) is 9.14. The molecule has 0 bridgehead atoms. The number of nitriles is 1. The zero-order valence-electron chi connectivity index (χ0n) is 10.3. The van der Waals surface area contributed by atoms with Gasteiger partial charge in [0.15, 0.2) is 0 Å². The van der Waals surface area contributed by atoms with E-state index in [1.165, 1.54) is 30.3 Å². The van der Waals surface area contributed by atoms with Gasteiger partial charge in [0.05, 0.1) is 0 Å². The molecule has 20 heavy (non-hydrogen) atoms. The Balaban J connectivity index is 2.38. The SMILES string of the molecule is N#C/C(=C\c1ccccc1Br)C(=O)c1ccc(F)cc1. The second-order valence-electron chi connectivity index (χ2n) is 4.03. The highest BCUT2D eigenvalue weighted by Gasteiger charge is 2.12. The van der Waals surface area contributed by atoms with Crippen molar-refractivity contribution in [3.8, 4) is 6.07 Å². The van der Waals surface area contributed by atoms with Crippen molar-refractivity contribution in [1.29, 1.82) is 5.26 Å². The Labute approximate surface area is 124 Å². The minimum atomic E-state index is -0.428. The Hall–Kier alpha value is -2.25. The molecule has 0 saturated carbocycles. The van der Waals surface area contributed by atoms with Crippen molar-refractivity contribution in [2.45, 2.75) is 0 Å². The summed E-state index contributed by atoms with van der Waals surface area (Å²) in [6, 6.07) is 14.3. The van der Waals surface area contributed by atoms with Gasteiger partial charge in [0.1, 0.15) is 17.5 Å². The molecule has 4 heteroatoms. The topological polar surface area (TPSA) is 40.9 Å². The fourth-order valence-corrected chi connectivity index (χ4v) is 2.05. The van der Waals surface area contributed by atoms with Crippen LogP contribution in [0.4, 0.5) is 4.39 Å². The van der Waals surface area contributed by atoms with E-state index in [4.69, 9.17) is 5.26 Å². The van der Waals surface area contributed by atoms with Gasteiger partial charge in [-0.05, 0) is 42.0 Å². The average molecular weight is 330 g/mol. The molecule has 98 valence electrons. The number of benzene rings is 2. The molecule has 0 fully saturated rings. The van der Waals surface area contributed by atoms with Gasteiger partial charge in [-0.25, -0.2) is 4.39 Å². The summed E-state index contributed by atoms with van der Waals surface area (Å²) in [5.41, 5.74) is 1.02. The van der Waals surface area contributed by atoms with Crippen molar-refractivity contribution in [1.82, 2.24) is 0 Å². The molecule has 0 atom stereocenters. The van der Waals surface area contributed by atoms with E-state index in [1.807, 2.05) is 24.3 Å². The molecule has 0 saturated heterocycles. The molecule has 0 spiro atoms. The van der Waals surface area contributed by atoms with Crippen molar-refractivity contribution in [3.63, 3.8) is 0 Å². The minimum Gasteiger partial charge on any atom is -0.288 e. The van der Waals surface area contributed by atoms with Gasteiger partial charge in [-0.15, -0.1) is 0 Å². The van der Waals surface area contributed by atoms with Crippen LogP contribution in [0, 0.1) is 17.1 Å². The highest BCUT2D eigenvalue weighted by molar-refractivity contribution is 9.10. The van der Waals surface area contributed by atoms with E-state index >= 15 is 0 Å². The van der Waals surface area contributed by atoms with Crippen LogP contribution < -0.4 is 0 Å². The third kappa shape index (κ3) is 3.19. The smallest absolute Gasteiger partial charge is 0.203 e. The summed E-state index contributed by atoms with van der Waals surface area (Å²) in [4.78, 5) is 12.2. The quantitative estimate of drug-likeness (QED) is 0.476. The third-order valence-corrected chi connectivity index (χ3v) is 3.40. The lowest BCUT2D eigenvalue weighted by molar-refractivity contribution is 0.104. The van der Waals surface area contributed by atoms with Gasteiger partial charge in [0, 0.05) is 10.0 Å². The van der Waals surface area contributed by atoms with Crippen LogP contribution in [0.15, 0.2) is 58.6 Å². The maximum atomic E-state index is 12.8. The number of halogens is 2. The van der Waals surface area contributed by atoms with Crippen LogP contribution in [0.3, 0.4) is 0 Å². The van der Waals surface area contributed by atoms with Crippen molar-refractivity contribution in [2.75, 3.05) is 0 Å². The standard InChI is InChI=1S/C16H9BrFNO/c17-15-4-2-1-3-12(15)9-13(10-19)16(20)11-5-7-14(18)8-6-11/h1-9H/b13-9+. The number of hydrogen-bond acceptors (Lipinski definition) is 2. The Bertz CT molecular complexity index is 714. The Morgan fingerprint density at radius 2 is 1.80 bits per heavy atom. The highest BCUT2D eigenvalue weighted by Crippen LogP contribution is 2.20. The van der Waals surface area contributed by atoms with E-state index in [2.05, 4.69) is 15.9 Å². The zero-order valence-corrected chi connectivity index (χ0v) is 11.9. The van der Waals surface area contributed by atoms with Crippen LogP contribution in [-0.4, -0.2) is 5.78 Å². The number of rotatable bonds is 3. The molecule has 2 nitrogen and oxygen atoms in total. The molecular weight excluding hydrogens is 321 g/mol. The van der Waals surface area contributed by atoms with Crippen molar-refractivity contribution in [2.24, 2.45) is 0 Å². The van der Waals surface area contributed by atoms with Crippen molar-refractivity contribution < 1.29 is 9.18 Å². The van der Waals surface area contributed by atoms with Gasteiger partial charge in [-0.2, -0.15) is 5.26 Å². The first kappa shape index (κ1) is 14.2. The maximum Gasteiger partial charge on any atom is 0.203 e. The van der Waals surface area contributed by atoms with Crippen LogP contribution in [0.1, 0.15) is 15.9 Å². The fraction of sp³-hybridized carbons (Fsp3) is 0. The summed E-state index contributed by atoms with van der Waals surface area (Å²) in [6.07, 6.45) is 1.51. The summed E-state index contributed by atoms with van der Waals surface area (Å²) in [6.45, 7) is 0. The fourth-order valence-electron chi connectivity index (χ4n) is 1.65. The van der Waals surface area contributed by atoms with Crippen molar-refractivity contribution >= 4 is 27.8 Å². The normalized spacial score (nSPS) is 10.9. The van der Waals surface area contributed by atoms with Crippen LogP contribution in [0.2, 0.25) is 0 Å². The highest BCUT2D eigenvalue weighted by atomic mass is 79.9. The average Bonchev–Trinajstić information content (AvgIpc) is 2.46. The molecule has 0 aromatic heterocycles. The van der Waals surface area contributed by atoms with E-state index in [0.29, 0.717) is 0 Å². The number of ketones is 1. The first-order valence-corrected chi connectivity index (χ1v) is 6.57. The zero-order chi connectivity index (χ0) is 14.5. The monoisotopic (exact) mass is 329 g/mol. The van der Waals surface area contributed by atoms with Crippen LogP contribution in [0.25, 0.3) is 6.08 Å². The van der Waals surface area contributed by atoms with Gasteiger partial charge < -0.3 is 0 Å². The van der Waals surface area contributed by atoms with E-state index in [9.17, 15) is 9.18 Å². The predicted octanol–water partition coefficient (Wildman–Crippen LogP) is 4.38. The Morgan fingerprint density at radius 3 is 2.40 bits per heavy atom. The molecule has 0 aliphatic rings. The second kappa shape index (κ2) is 6.27. The third-order valence-electron chi connectivity index (χ3n) is 2.68. The lowest BCUT2D eigenvalue weighted by atomic mass is 10.0. The van der Waals surface area contributed by atoms with E-state index in [0.717, 1.165) is 10.0 Å². The van der Waals surface area contributed by atoms with Gasteiger partial charge in [-0.3, -0.25) is 4.79 Å². The summed E-state index contributed by atoms with van der Waals surface area (Å²) in [7, 11) is 0. The summed E-state index contributed by atoms with van der Waals surface area (Å²) < 4.78 is 13.6. The summed E-state index contributed by atoms with van der Waals surface area (Å²) in [5.74, 6) is -0.849. The molecule has 0 aliphatic carbocycles. The number of allylic oxidation sites excluding steroid dienone is 1. The molecule has 0 unspecified atom stereocenters. The minimum absolute atomic E-state index is 0.00325. The van der Waals surface area contributed by atoms with Gasteiger partial charge in [0.25, 0.3) is 0 Å². The second-order valence-corrected chi connectivity index (χ2v) is 4.88. The van der Waals surface area contributed by atoms with Gasteiger partial charge >= 0.3 is 0 Å². The number of carbonyl (C=O) groups excluding carboxylic acids is 1. The van der Waals surface area contributed by atoms with Gasteiger partial charge in [-0.1, -0.05) is 34.1 Å². The van der Waals surface area contributed by atoms with Crippen LogP contribution in [-0.2, 0) is 0 Å². The number of hydrogen-bond donors (Lipinski definition) is 0. The number of Topliss-reactive ketones (excluding diaryl/α,β-unsaturated/α-hetero) is 1. The first-order valence-electron chi connectivity index (χ1n) is 5.78. The summed E-state index contributed by atoms with van der Waals surface area (Å²) >= 11 is 3.35. The molecule has 0 aliphatic heterocycles.